The maximum Gasteiger partial charge on any atom is 0.229 e. The van der Waals surface area contributed by atoms with Crippen molar-refractivity contribution in [1.82, 2.24) is 4.90 Å². The molecule has 0 aromatic heterocycles. The zero-order valence-electron chi connectivity index (χ0n) is 14.8. The van der Waals surface area contributed by atoms with E-state index in [0.29, 0.717) is 18.6 Å². The van der Waals surface area contributed by atoms with Gasteiger partial charge in [0.1, 0.15) is 5.37 Å². The number of β-lactam (4-membered cyclic amide) rings is 1. The van der Waals surface area contributed by atoms with Gasteiger partial charge in [-0.15, -0.1) is 0 Å². The number of aryl methyl sites for hydroxylation is 1. The van der Waals surface area contributed by atoms with E-state index in [4.69, 9.17) is 0 Å². The predicted molar refractivity (Wildman–Crippen MR) is 103 cm³/mol. The van der Waals surface area contributed by atoms with E-state index in [9.17, 15) is 13.8 Å². The first kappa shape index (κ1) is 18.5. The summed E-state index contributed by atoms with van der Waals surface area (Å²) in [5, 5.41) is -0.372. The lowest BCUT2D eigenvalue weighted by molar-refractivity contribution is -0.151. The van der Waals surface area contributed by atoms with Crippen LogP contribution in [0.2, 0.25) is 0 Å². The third-order valence-electron chi connectivity index (χ3n) is 4.71. The first-order valence-electron chi connectivity index (χ1n) is 8.83. The number of nitrogens with zero attached hydrogens (tertiary/aromatic N) is 1. The number of hydrogen-bond acceptors (Lipinski definition) is 3. The lowest BCUT2D eigenvalue weighted by Gasteiger charge is -2.44. The van der Waals surface area contributed by atoms with Gasteiger partial charge >= 0.3 is 0 Å². The van der Waals surface area contributed by atoms with Gasteiger partial charge in [-0.05, 0) is 17.5 Å². The number of amides is 1. The molecule has 0 saturated carbocycles. The molecule has 0 bridgehead atoms. The first-order chi connectivity index (χ1) is 12.6. The molecule has 1 amide bonds. The number of rotatable bonds is 8. The van der Waals surface area contributed by atoms with Crippen molar-refractivity contribution in [2.75, 3.05) is 6.54 Å². The van der Waals surface area contributed by atoms with Gasteiger partial charge in [0.25, 0.3) is 0 Å². The van der Waals surface area contributed by atoms with Crippen LogP contribution in [0.1, 0.15) is 24.5 Å². The molecule has 5 heteroatoms. The van der Waals surface area contributed by atoms with Gasteiger partial charge in [-0.1, -0.05) is 67.6 Å². The van der Waals surface area contributed by atoms with Crippen LogP contribution in [0.25, 0.3) is 0 Å². The Kier molecular flexibility index (Phi) is 5.99. The molecule has 2 aromatic rings. The molecule has 1 aliphatic heterocycles. The topological polar surface area (TPSA) is 54.5 Å². The quantitative estimate of drug-likeness (QED) is 0.672. The van der Waals surface area contributed by atoms with Gasteiger partial charge < -0.3 is 4.90 Å². The smallest absolute Gasteiger partial charge is 0.229 e. The van der Waals surface area contributed by atoms with Crippen molar-refractivity contribution < 1.29 is 13.8 Å². The van der Waals surface area contributed by atoms with Gasteiger partial charge in [-0.3, -0.25) is 13.8 Å². The fourth-order valence-corrected chi connectivity index (χ4v) is 4.98. The van der Waals surface area contributed by atoms with Crippen molar-refractivity contribution in [3.05, 3.63) is 71.8 Å². The summed E-state index contributed by atoms with van der Waals surface area (Å²) >= 11 is 0. The summed E-state index contributed by atoms with van der Waals surface area (Å²) in [6.07, 6.45) is 1.05. The minimum Gasteiger partial charge on any atom is -0.320 e. The molecule has 2 aromatic carbocycles. The number of likely N-dealkylation sites (tertiary alicyclic amines) is 1. The van der Waals surface area contributed by atoms with Crippen molar-refractivity contribution in [2.45, 2.75) is 30.9 Å². The Morgan fingerprint density at radius 3 is 2.19 bits per heavy atom. The van der Waals surface area contributed by atoms with E-state index in [1.807, 2.05) is 60.7 Å². The van der Waals surface area contributed by atoms with E-state index in [1.54, 1.807) is 6.92 Å². The minimum atomic E-state index is -1.21. The number of benzene rings is 2. The molecule has 3 rings (SSSR count). The average Bonchev–Trinajstić information content (AvgIpc) is 2.67. The molecule has 1 unspecified atom stereocenters. The SMILES string of the molecule is C[C@@H]1C(=O)N(CC(=O)CCc2ccccc2)[C@H]1S(=O)Cc1ccccc1. The number of hydrogen-bond donors (Lipinski definition) is 0. The summed E-state index contributed by atoms with van der Waals surface area (Å²) < 4.78 is 12.7. The Bertz CT molecular complexity index is 791. The highest BCUT2D eigenvalue weighted by Gasteiger charge is 2.48. The maximum atomic E-state index is 12.7. The molecular formula is C21H23NO3S. The average molecular weight is 369 g/mol. The molecule has 1 fully saturated rings. The van der Waals surface area contributed by atoms with Crippen LogP contribution in [-0.2, 0) is 32.6 Å². The lowest BCUT2D eigenvalue weighted by Crippen LogP contribution is -2.62. The van der Waals surface area contributed by atoms with Crippen LogP contribution in [0.15, 0.2) is 60.7 Å². The Hall–Kier alpha value is -2.27. The van der Waals surface area contributed by atoms with Crippen LogP contribution in [-0.4, -0.2) is 32.7 Å². The van der Waals surface area contributed by atoms with Gasteiger partial charge in [-0.25, -0.2) is 0 Å². The van der Waals surface area contributed by atoms with Crippen molar-refractivity contribution in [3.63, 3.8) is 0 Å². The number of carbonyl (C=O) groups excluding carboxylic acids is 2. The van der Waals surface area contributed by atoms with E-state index in [2.05, 4.69) is 0 Å². The van der Waals surface area contributed by atoms with Gasteiger partial charge in [0.15, 0.2) is 5.78 Å². The second-order valence-corrected chi connectivity index (χ2v) is 8.21. The summed E-state index contributed by atoms with van der Waals surface area (Å²) in [5.41, 5.74) is 2.08. The summed E-state index contributed by atoms with van der Waals surface area (Å²) in [6.45, 7) is 1.85. The molecule has 1 aliphatic rings. The molecular weight excluding hydrogens is 346 g/mol. The molecule has 1 saturated heterocycles. The Morgan fingerprint density at radius 2 is 1.58 bits per heavy atom. The lowest BCUT2D eigenvalue weighted by atomic mass is 9.99. The third kappa shape index (κ3) is 4.28. The van der Waals surface area contributed by atoms with Gasteiger partial charge in [0.2, 0.25) is 5.91 Å². The highest BCUT2D eigenvalue weighted by atomic mass is 32.2. The van der Waals surface area contributed by atoms with Gasteiger partial charge in [-0.2, -0.15) is 0 Å². The van der Waals surface area contributed by atoms with Crippen molar-refractivity contribution in [3.8, 4) is 0 Å². The van der Waals surface area contributed by atoms with Crippen LogP contribution >= 0.6 is 0 Å². The summed E-state index contributed by atoms with van der Waals surface area (Å²) in [5.74, 6) is 0.0411. The van der Waals surface area contributed by atoms with Crippen molar-refractivity contribution in [1.29, 1.82) is 0 Å². The molecule has 0 N–H and O–H groups in total. The second kappa shape index (κ2) is 8.41. The standard InChI is InChI=1S/C21H23NO3S/c1-16-20(24)22(14-19(23)13-12-17-8-4-2-5-9-17)21(16)26(25)15-18-10-6-3-7-11-18/h2-11,16,21H,12-15H2,1H3/t16-,21+,26?/m1/s1. The number of Topliss-reactive ketones (excluding diaryl/α,β-unsaturated/α-hetero) is 1. The zero-order valence-corrected chi connectivity index (χ0v) is 15.7. The molecule has 26 heavy (non-hydrogen) atoms. The zero-order chi connectivity index (χ0) is 18.5. The Balaban J connectivity index is 1.56. The normalized spacial score (nSPS) is 20.5. The molecule has 0 radical (unpaired) electrons. The number of carbonyl (C=O) groups is 2. The van der Waals surface area contributed by atoms with Crippen molar-refractivity contribution >= 4 is 22.5 Å². The molecule has 1 heterocycles. The summed E-state index contributed by atoms with van der Waals surface area (Å²) in [6, 6.07) is 19.4. The van der Waals surface area contributed by atoms with E-state index in [-0.39, 0.29) is 29.5 Å². The minimum absolute atomic E-state index is 0.0100. The third-order valence-corrected chi connectivity index (χ3v) is 6.53. The van der Waals surface area contributed by atoms with Crippen LogP contribution < -0.4 is 0 Å². The first-order valence-corrected chi connectivity index (χ1v) is 10.2. The fraction of sp³-hybridized carbons (Fsp3) is 0.333. The molecule has 136 valence electrons. The van der Waals surface area contributed by atoms with E-state index < -0.39 is 10.8 Å². The predicted octanol–water partition coefficient (Wildman–Crippen LogP) is 2.94. The molecule has 3 atom stereocenters. The van der Waals surface area contributed by atoms with Crippen LogP contribution in [0.3, 0.4) is 0 Å². The Labute approximate surface area is 156 Å². The molecule has 0 spiro atoms. The number of ketones is 1. The van der Waals surface area contributed by atoms with Crippen LogP contribution in [0.5, 0.6) is 0 Å². The molecule has 0 aliphatic carbocycles. The van der Waals surface area contributed by atoms with Gasteiger partial charge in [0.05, 0.1) is 18.2 Å². The Morgan fingerprint density at radius 1 is 1.00 bits per heavy atom. The monoisotopic (exact) mass is 369 g/mol. The largest absolute Gasteiger partial charge is 0.320 e. The fourth-order valence-electron chi connectivity index (χ4n) is 3.26. The van der Waals surface area contributed by atoms with E-state index >= 15 is 0 Å². The summed E-state index contributed by atoms with van der Waals surface area (Å²) in [4.78, 5) is 26.0. The van der Waals surface area contributed by atoms with Crippen LogP contribution in [0, 0.1) is 5.92 Å². The highest BCUT2D eigenvalue weighted by molar-refractivity contribution is 7.85. The van der Waals surface area contributed by atoms with Crippen LogP contribution in [0.4, 0.5) is 0 Å². The van der Waals surface area contributed by atoms with Gasteiger partial charge in [0, 0.05) is 17.2 Å². The maximum absolute atomic E-state index is 12.7. The van der Waals surface area contributed by atoms with E-state index in [1.165, 1.54) is 4.90 Å². The molecule has 4 nitrogen and oxygen atoms in total. The van der Waals surface area contributed by atoms with E-state index in [0.717, 1.165) is 11.1 Å². The summed E-state index contributed by atoms with van der Waals surface area (Å²) in [7, 11) is -1.21. The highest BCUT2D eigenvalue weighted by Crippen LogP contribution is 2.30. The van der Waals surface area contributed by atoms with Crippen molar-refractivity contribution in [2.24, 2.45) is 5.92 Å². The second-order valence-electron chi connectivity index (χ2n) is 6.68.